The number of amides is 1. The van der Waals surface area contributed by atoms with Crippen molar-refractivity contribution in [2.24, 2.45) is 0 Å². The predicted molar refractivity (Wildman–Crippen MR) is 98.0 cm³/mol. The fourth-order valence-corrected chi connectivity index (χ4v) is 2.35. The van der Waals surface area contributed by atoms with Crippen LogP contribution in [0.4, 0.5) is 18.9 Å². The lowest BCUT2D eigenvalue weighted by Crippen LogP contribution is -2.14. The second-order valence-electron chi connectivity index (χ2n) is 5.87. The van der Waals surface area contributed by atoms with Gasteiger partial charge in [0.2, 0.25) is 0 Å². The number of nitrogens with zero attached hydrogens (tertiary/aromatic N) is 1. The van der Waals surface area contributed by atoms with E-state index in [1.807, 2.05) is 0 Å². The molecule has 0 unspecified atom stereocenters. The Morgan fingerprint density at radius 3 is 2.44 bits per heavy atom. The van der Waals surface area contributed by atoms with E-state index in [1.165, 1.54) is 30.3 Å². The Morgan fingerprint density at radius 1 is 1.11 bits per heavy atom. The third kappa shape index (κ3) is 5.59. The monoisotopic (exact) mass is 396 g/mol. The predicted octanol–water partition coefficient (Wildman–Crippen LogP) is 4.87. The number of hydrogen-bond donors (Lipinski definition) is 1. The highest BCUT2D eigenvalue weighted by molar-refractivity contribution is 6.34. The maximum absolute atomic E-state index is 12.8. The molecule has 0 aliphatic rings. The summed E-state index contributed by atoms with van der Waals surface area (Å²) in [5.41, 5.74) is -0.670. The number of alkyl halides is 3. The summed E-state index contributed by atoms with van der Waals surface area (Å²) < 4.78 is 38.3. The van der Waals surface area contributed by atoms with Crippen molar-refractivity contribution in [1.82, 2.24) is 4.90 Å². The summed E-state index contributed by atoms with van der Waals surface area (Å²) in [6, 6.07) is 8.33. The zero-order valence-corrected chi connectivity index (χ0v) is 15.2. The molecule has 0 heterocycles. The number of halogens is 4. The molecule has 0 saturated carbocycles. The van der Waals surface area contributed by atoms with Gasteiger partial charge in [-0.2, -0.15) is 13.2 Å². The molecule has 27 heavy (non-hydrogen) atoms. The lowest BCUT2D eigenvalue weighted by atomic mass is 10.1. The van der Waals surface area contributed by atoms with Crippen LogP contribution in [0.2, 0.25) is 5.02 Å². The minimum Gasteiger partial charge on any atom is -0.383 e. The molecule has 2 rings (SSSR count). The van der Waals surface area contributed by atoms with Crippen LogP contribution in [-0.4, -0.2) is 30.7 Å². The van der Waals surface area contributed by atoms with Crippen LogP contribution in [0.1, 0.15) is 26.3 Å². The van der Waals surface area contributed by atoms with Gasteiger partial charge >= 0.3 is 6.18 Å². The van der Waals surface area contributed by atoms with Gasteiger partial charge in [-0.1, -0.05) is 17.7 Å². The SMILES string of the molecule is CN(C)C=CC(=O)c1cc(NC(=O)c2cccc(C(F)(F)F)c2)ccc1Cl. The van der Waals surface area contributed by atoms with Gasteiger partial charge in [0.15, 0.2) is 5.78 Å². The number of rotatable bonds is 5. The Labute approximate surface area is 159 Å². The number of carbonyl (C=O) groups is 2. The molecule has 2 aromatic carbocycles. The van der Waals surface area contributed by atoms with Crippen molar-refractivity contribution in [2.75, 3.05) is 19.4 Å². The lowest BCUT2D eigenvalue weighted by molar-refractivity contribution is -0.137. The van der Waals surface area contributed by atoms with Crippen molar-refractivity contribution in [3.63, 3.8) is 0 Å². The Morgan fingerprint density at radius 2 is 1.81 bits per heavy atom. The molecule has 4 nitrogen and oxygen atoms in total. The van der Waals surface area contributed by atoms with Crippen LogP contribution < -0.4 is 5.32 Å². The number of hydrogen-bond acceptors (Lipinski definition) is 3. The van der Waals surface area contributed by atoms with E-state index in [1.54, 1.807) is 25.2 Å². The summed E-state index contributed by atoms with van der Waals surface area (Å²) in [7, 11) is 3.49. The minimum atomic E-state index is -4.55. The van der Waals surface area contributed by atoms with Gasteiger partial charge in [0.1, 0.15) is 0 Å². The van der Waals surface area contributed by atoms with Crippen molar-refractivity contribution in [2.45, 2.75) is 6.18 Å². The van der Waals surface area contributed by atoms with E-state index >= 15 is 0 Å². The highest BCUT2D eigenvalue weighted by Gasteiger charge is 2.30. The molecule has 0 aromatic heterocycles. The van der Waals surface area contributed by atoms with Crippen LogP contribution in [0, 0.1) is 0 Å². The standard InChI is InChI=1S/C19H16ClF3N2O2/c1-25(2)9-8-17(26)15-11-14(6-7-16(15)20)24-18(27)12-4-3-5-13(10-12)19(21,22)23/h3-11H,1-2H3,(H,24,27). The van der Waals surface area contributed by atoms with Gasteiger partial charge in [0.05, 0.1) is 10.6 Å². The average Bonchev–Trinajstić information content (AvgIpc) is 2.60. The van der Waals surface area contributed by atoms with Crippen LogP contribution in [0.5, 0.6) is 0 Å². The molecule has 0 saturated heterocycles. The Bertz CT molecular complexity index is 893. The molecule has 142 valence electrons. The number of carbonyl (C=O) groups excluding carboxylic acids is 2. The smallest absolute Gasteiger partial charge is 0.383 e. The van der Waals surface area contributed by atoms with Crippen molar-refractivity contribution in [1.29, 1.82) is 0 Å². The summed E-state index contributed by atoms with van der Waals surface area (Å²) in [5.74, 6) is -1.10. The number of ketones is 1. The van der Waals surface area contributed by atoms with E-state index in [2.05, 4.69) is 5.32 Å². The number of allylic oxidation sites excluding steroid dienone is 1. The summed E-state index contributed by atoms with van der Waals surface area (Å²) in [6.07, 6.45) is -1.68. The average molecular weight is 397 g/mol. The van der Waals surface area contributed by atoms with Crippen LogP contribution in [0.25, 0.3) is 0 Å². The molecular formula is C19H16ClF3N2O2. The minimum absolute atomic E-state index is 0.153. The summed E-state index contributed by atoms with van der Waals surface area (Å²) >= 11 is 6.02. The van der Waals surface area contributed by atoms with Crippen molar-refractivity contribution >= 4 is 29.0 Å². The van der Waals surface area contributed by atoms with E-state index in [9.17, 15) is 22.8 Å². The molecule has 2 aromatic rings. The molecular weight excluding hydrogens is 381 g/mol. The van der Waals surface area contributed by atoms with Gasteiger partial charge in [0.25, 0.3) is 5.91 Å². The lowest BCUT2D eigenvalue weighted by Gasteiger charge is -2.10. The second-order valence-corrected chi connectivity index (χ2v) is 6.28. The topological polar surface area (TPSA) is 49.4 Å². The molecule has 0 aliphatic carbocycles. The van der Waals surface area contributed by atoms with Gasteiger partial charge in [-0.3, -0.25) is 9.59 Å². The van der Waals surface area contributed by atoms with Crippen molar-refractivity contribution in [3.8, 4) is 0 Å². The highest BCUT2D eigenvalue weighted by atomic mass is 35.5. The van der Waals surface area contributed by atoms with Crippen LogP contribution in [0.15, 0.2) is 54.7 Å². The summed E-state index contributed by atoms with van der Waals surface area (Å²) in [5, 5.41) is 2.67. The molecule has 0 atom stereocenters. The fourth-order valence-electron chi connectivity index (χ4n) is 2.14. The van der Waals surface area contributed by atoms with E-state index in [4.69, 9.17) is 11.6 Å². The molecule has 0 bridgehead atoms. The second kappa shape index (κ2) is 8.26. The van der Waals surface area contributed by atoms with E-state index in [-0.39, 0.29) is 27.6 Å². The number of benzene rings is 2. The Balaban J connectivity index is 2.24. The summed E-state index contributed by atoms with van der Waals surface area (Å²) in [6.45, 7) is 0. The number of anilines is 1. The van der Waals surface area contributed by atoms with Crippen molar-refractivity contribution < 1.29 is 22.8 Å². The third-order valence-corrected chi connectivity index (χ3v) is 3.80. The Hall–Kier alpha value is -2.80. The van der Waals surface area contributed by atoms with Crippen LogP contribution >= 0.6 is 11.6 Å². The van der Waals surface area contributed by atoms with E-state index < -0.39 is 17.6 Å². The maximum atomic E-state index is 12.8. The van der Waals surface area contributed by atoms with E-state index in [0.29, 0.717) is 0 Å². The van der Waals surface area contributed by atoms with Gasteiger partial charge in [-0.25, -0.2) is 0 Å². The first-order chi connectivity index (χ1) is 12.6. The first kappa shape index (κ1) is 20.5. The van der Waals surface area contributed by atoms with Crippen LogP contribution in [-0.2, 0) is 6.18 Å². The molecule has 1 amide bonds. The first-order valence-corrected chi connectivity index (χ1v) is 8.13. The molecule has 0 fully saturated rings. The zero-order chi connectivity index (χ0) is 20.2. The zero-order valence-electron chi connectivity index (χ0n) is 14.5. The largest absolute Gasteiger partial charge is 0.416 e. The van der Waals surface area contributed by atoms with E-state index in [0.717, 1.165) is 18.2 Å². The quantitative estimate of drug-likeness (QED) is 0.579. The fraction of sp³-hybridized carbons (Fsp3) is 0.158. The number of nitrogens with one attached hydrogen (secondary N) is 1. The molecule has 8 heteroatoms. The van der Waals surface area contributed by atoms with Crippen molar-refractivity contribution in [3.05, 3.63) is 76.5 Å². The van der Waals surface area contributed by atoms with Gasteiger partial charge < -0.3 is 10.2 Å². The Kier molecular flexibility index (Phi) is 6.28. The normalized spacial score (nSPS) is 11.5. The van der Waals surface area contributed by atoms with Gasteiger partial charge in [-0.05, 0) is 36.4 Å². The molecule has 0 aliphatic heterocycles. The third-order valence-electron chi connectivity index (χ3n) is 3.47. The van der Waals surface area contributed by atoms with Crippen LogP contribution in [0.3, 0.4) is 0 Å². The molecule has 1 N–H and O–H groups in total. The highest BCUT2D eigenvalue weighted by Crippen LogP contribution is 2.30. The first-order valence-electron chi connectivity index (χ1n) is 7.75. The van der Waals surface area contributed by atoms with Gasteiger partial charge in [0, 0.05) is 43.2 Å². The molecule has 0 spiro atoms. The summed E-state index contributed by atoms with van der Waals surface area (Å²) in [4.78, 5) is 26.1. The van der Waals surface area contributed by atoms with Gasteiger partial charge in [-0.15, -0.1) is 0 Å². The molecule has 0 radical (unpaired) electrons. The maximum Gasteiger partial charge on any atom is 0.416 e.